The van der Waals surface area contributed by atoms with E-state index in [-0.39, 0.29) is 31.0 Å². The van der Waals surface area contributed by atoms with Crippen molar-refractivity contribution in [2.75, 3.05) is 19.7 Å². The molecule has 1 aromatic carbocycles. The summed E-state index contributed by atoms with van der Waals surface area (Å²) < 4.78 is 5.97. The van der Waals surface area contributed by atoms with Gasteiger partial charge in [0, 0.05) is 31.0 Å². The van der Waals surface area contributed by atoms with Crippen molar-refractivity contribution in [3.63, 3.8) is 0 Å². The van der Waals surface area contributed by atoms with Crippen molar-refractivity contribution in [3.05, 3.63) is 57.1 Å². The van der Waals surface area contributed by atoms with Crippen molar-refractivity contribution < 1.29 is 19.2 Å². The van der Waals surface area contributed by atoms with Gasteiger partial charge in [-0.05, 0) is 76.6 Å². The van der Waals surface area contributed by atoms with Gasteiger partial charge in [-0.15, -0.1) is 0 Å². The Balaban J connectivity index is 2.51. The summed E-state index contributed by atoms with van der Waals surface area (Å²) in [6.45, 7) is 12.9. The molecule has 6 nitrogen and oxygen atoms in total. The summed E-state index contributed by atoms with van der Waals surface area (Å²) in [5.41, 5.74) is 4.57. The van der Waals surface area contributed by atoms with E-state index < -0.39 is 0 Å². The van der Waals surface area contributed by atoms with Crippen LogP contribution in [0.5, 0.6) is 0 Å². The summed E-state index contributed by atoms with van der Waals surface area (Å²) in [4.78, 5) is 33.0. The van der Waals surface area contributed by atoms with Gasteiger partial charge in [0.1, 0.15) is 6.10 Å². The van der Waals surface area contributed by atoms with Crippen LogP contribution >= 0.6 is 11.6 Å². The van der Waals surface area contributed by atoms with Gasteiger partial charge in [0.2, 0.25) is 0 Å². The van der Waals surface area contributed by atoms with Gasteiger partial charge in [-0.2, -0.15) is 0 Å². The number of halogens is 1. The van der Waals surface area contributed by atoms with Crippen molar-refractivity contribution in [3.8, 4) is 0 Å². The fourth-order valence-electron chi connectivity index (χ4n) is 4.42. The second kappa shape index (κ2) is 14.8. The molecule has 1 atom stereocenters. The minimum atomic E-state index is -0.369. The Bertz CT molecular complexity index is 1010. The molecule has 0 saturated carbocycles. The van der Waals surface area contributed by atoms with E-state index in [1.54, 1.807) is 4.90 Å². The van der Waals surface area contributed by atoms with Crippen LogP contribution in [0.2, 0.25) is 5.02 Å². The van der Waals surface area contributed by atoms with Crippen LogP contribution in [0.4, 0.5) is 0 Å². The smallest absolute Gasteiger partial charge is 0.339 e. The van der Waals surface area contributed by atoms with E-state index in [9.17, 15) is 9.59 Å². The van der Waals surface area contributed by atoms with Crippen LogP contribution in [0.15, 0.2) is 35.0 Å². The van der Waals surface area contributed by atoms with Crippen LogP contribution in [0, 0.1) is 13.8 Å². The molecule has 0 saturated heterocycles. The Hall–Kier alpha value is -2.60. The number of nitrogens with zero attached hydrogens (tertiary/aromatic N) is 2. The Labute approximate surface area is 221 Å². The van der Waals surface area contributed by atoms with Crippen LogP contribution in [0.3, 0.4) is 0 Å². The molecule has 1 aliphatic heterocycles. The number of likely N-dealkylation sites (N-methyl/N-ethyl adjacent to an activating group) is 1. The zero-order chi connectivity index (χ0) is 26.7. The van der Waals surface area contributed by atoms with E-state index in [4.69, 9.17) is 21.2 Å². The number of amides is 1. The fourth-order valence-corrected chi connectivity index (χ4v) is 4.63. The third-order valence-electron chi connectivity index (χ3n) is 6.36. The molecule has 0 aliphatic carbocycles. The van der Waals surface area contributed by atoms with E-state index >= 15 is 0 Å². The molecule has 198 valence electrons. The van der Waals surface area contributed by atoms with Crippen molar-refractivity contribution in [2.24, 2.45) is 5.16 Å². The number of hydrogen-bond acceptors (Lipinski definition) is 5. The third-order valence-corrected chi connectivity index (χ3v) is 6.88. The standard InChI is InChI=1S/C29H41ClN2O4/c1-7-13-24-15-12-10-11-14-20(4)16-23(31-35-19-26(33)32(8-2)9-3)18-25-27(29(34)36-24)21(5)17-22(6)28(25)30/h10,12,16-17,24H,7-9,11,13-15,18-19H2,1-6H3/b12-10+,20-16+,31-23+. The number of esters is 1. The zero-order valence-electron chi connectivity index (χ0n) is 22.7. The van der Waals surface area contributed by atoms with Crippen molar-refractivity contribution in [1.82, 2.24) is 4.90 Å². The molecule has 7 heteroatoms. The first-order valence-corrected chi connectivity index (χ1v) is 13.4. The highest BCUT2D eigenvalue weighted by Crippen LogP contribution is 2.30. The summed E-state index contributed by atoms with van der Waals surface area (Å²) in [6, 6.07) is 1.91. The Kier molecular flexibility index (Phi) is 12.2. The van der Waals surface area contributed by atoms with Crippen LogP contribution in [0.25, 0.3) is 0 Å². The number of carbonyl (C=O) groups is 2. The second-order valence-electron chi connectivity index (χ2n) is 9.33. The number of aryl methyl sites for hydroxylation is 2. The normalized spacial score (nSPS) is 20.5. The third kappa shape index (κ3) is 8.51. The minimum absolute atomic E-state index is 0.119. The Morgan fingerprint density at radius 1 is 1.17 bits per heavy atom. The van der Waals surface area contributed by atoms with Crippen molar-refractivity contribution >= 4 is 29.2 Å². The van der Waals surface area contributed by atoms with E-state index in [1.807, 2.05) is 39.8 Å². The number of ether oxygens (including phenoxy) is 1. The van der Waals surface area contributed by atoms with Gasteiger partial charge in [0.25, 0.3) is 5.91 Å². The lowest BCUT2D eigenvalue weighted by Gasteiger charge is -2.20. The predicted octanol–water partition coefficient (Wildman–Crippen LogP) is 6.75. The highest BCUT2D eigenvalue weighted by Gasteiger charge is 2.24. The monoisotopic (exact) mass is 516 g/mol. The van der Waals surface area contributed by atoms with Crippen LogP contribution in [-0.4, -0.2) is 48.3 Å². The van der Waals surface area contributed by atoms with Crippen LogP contribution in [-0.2, 0) is 20.8 Å². The second-order valence-corrected chi connectivity index (χ2v) is 9.71. The Morgan fingerprint density at radius 3 is 2.56 bits per heavy atom. The van der Waals surface area contributed by atoms with Gasteiger partial charge in [0.15, 0.2) is 6.61 Å². The number of allylic oxidation sites excluding steroid dienone is 3. The average Bonchev–Trinajstić information content (AvgIpc) is 2.82. The zero-order valence-corrected chi connectivity index (χ0v) is 23.4. The fraction of sp³-hybridized carbons (Fsp3) is 0.552. The summed E-state index contributed by atoms with van der Waals surface area (Å²) >= 11 is 6.77. The molecule has 1 aromatic rings. The largest absolute Gasteiger partial charge is 0.458 e. The van der Waals surface area contributed by atoms with Crippen LogP contribution < -0.4 is 0 Å². The maximum Gasteiger partial charge on any atom is 0.339 e. The van der Waals surface area contributed by atoms with E-state index in [2.05, 4.69) is 31.2 Å². The van der Waals surface area contributed by atoms with E-state index in [0.29, 0.717) is 41.4 Å². The summed E-state index contributed by atoms with van der Waals surface area (Å²) in [6.07, 6.45) is 10.4. The average molecular weight is 517 g/mol. The van der Waals surface area contributed by atoms with E-state index in [1.165, 1.54) is 0 Å². The lowest BCUT2D eigenvalue weighted by molar-refractivity contribution is -0.135. The van der Waals surface area contributed by atoms with Gasteiger partial charge in [-0.25, -0.2) is 4.79 Å². The molecule has 0 N–H and O–H groups in total. The van der Waals surface area contributed by atoms with E-state index in [0.717, 1.165) is 42.4 Å². The lowest BCUT2D eigenvalue weighted by atomic mass is 9.94. The number of rotatable bonds is 7. The first-order valence-electron chi connectivity index (χ1n) is 13.0. The Morgan fingerprint density at radius 2 is 1.89 bits per heavy atom. The first kappa shape index (κ1) is 29.6. The van der Waals surface area contributed by atoms with Gasteiger partial charge in [0.05, 0.1) is 11.3 Å². The molecule has 0 fully saturated rings. The molecule has 0 spiro atoms. The van der Waals surface area contributed by atoms with Gasteiger partial charge in [-0.1, -0.05) is 53.9 Å². The number of fused-ring (bicyclic) bond motifs is 1. The number of benzene rings is 1. The quantitative estimate of drug-likeness (QED) is 0.228. The lowest BCUT2D eigenvalue weighted by Crippen LogP contribution is -2.33. The molecular weight excluding hydrogens is 476 g/mol. The molecule has 1 unspecified atom stereocenters. The first-order chi connectivity index (χ1) is 17.2. The topological polar surface area (TPSA) is 68.2 Å². The van der Waals surface area contributed by atoms with Crippen molar-refractivity contribution in [1.29, 1.82) is 0 Å². The van der Waals surface area contributed by atoms with Gasteiger partial charge < -0.3 is 14.5 Å². The number of hydrogen-bond donors (Lipinski definition) is 0. The minimum Gasteiger partial charge on any atom is -0.458 e. The maximum atomic E-state index is 13.4. The molecule has 0 radical (unpaired) electrons. The molecule has 0 aromatic heterocycles. The number of oxime groups is 1. The molecule has 0 bridgehead atoms. The molecule has 1 amide bonds. The maximum absolute atomic E-state index is 13.4. The molecule has 2 rings (SSSR count). The molecular formula is C29H41ClN2O4. The predicted molar refractivity (Wildman–Crippen MR) is 147 cm³/mol. The molecule has 1 aliphatic rings. The highest BCUT2D eigenvalue weighted by molar-refractivity contribution is 6.33. The van der Waals surface area contributed by atoms with Gasteiger partial charge in [-0.3, -0.25) is 4.79 Å². The number of carbonyl (C=O) groups excluding carboxylic acids is 2. The summed E-state index contributed by atoms with van der Waals surface area (Å²) in [7, 11) is 0. The van der Waals surface area contributed by atoms with Crippen molar-refractivity contribution in [2.45, 2.75) is 86.2 Å². The molecule has 1 heterocycles. The summed E-state index contributed by atoms with van der Waals surface area (Å²) in [5, 5.41) is 4.85. The number of cyclic esters (lactones) is 1. The van der Waals surface area contributed by atoms with Crippen LogP contribution in [0.1, 0.15) is 86.8 Å². The SMILES string of the molecule is CCCC1C/C=C/CC/C(C)=C/C(=N\OCC(=O)N(CC)CC)Cc2c(Cl)c(C)cc(C)c2C(=O)O1. The van der Waals surface area contributed by atoms with Gasteiger partial charge >= 0.3 is 5.97 Å². The summed E-state index contributed by atoms with van der Waals surface area (Å²) in [5.74, 6) is -0.488. The molecule has 36 heavy (non-hydrogen) atoms. The highest BCUT2D eigenvalue weighted by atomic mass is 35.5.